The lowest BCUT2D eigenvalue weighted by molar-refractivity contribution is 0.0755. The quantitative estimate of drug-likeness (QED) is 0.837. The van der Waals surface area contributed by atoms with Gasteiger partial charge in [0.2, 0.25) is 0 Å². The number of hydrogen-bond acceptors (Lipinski definition) is 3. The molecule has 0 aromatic carbocycles. The van der Waals surface area contributed by atoms with E-state index in [1.807, 2.05) is 4.90 Å². The molecule has 1 aliphatic rings. The third-order valence-corrected chi connectivity index (χ3v) is 3.43. The van der Waals surface area contributed by atoms with Gasteiger partial charge in [-0.2, -0.15) is 0 Å². The van der Waals surface area contributed by atoms with E-state index in [1.165, 1.54) is 6.20 Å². The van der Waals surface area contributed by atoms with Gasteiger partial charge >= 0.3 is 0 Å². The Morgan fingerprint density at radius 2 is 1.95 bits per heavy atom. The molecule has 0 spiro atoms. The molecular weight excluding hydrogens is 266 g/mol. The van der Waals surface area contributed by atoms with Crippen molar-refractivity contribution in [3.8, 4) is 0 Å². The van der Waals surface area contributed by atoms with Crippen LogP contribution in [0.25, 0.3) is 0 Å². The predicted octanol–water partition coefficient (Wildman–Crippen LogP) is 2.24. The number of pyridine rings is 1. The molecule has 1 saturated carbocycles. The Morgan fingerprint density at radius 3 is 2.52 bits per heavy atom. The molecule has 21 heavy (non-hydrogen) atoms. The van der Waals surface area contributed by atoms with Crippen molar-refractivity contribution >= 4 is 11.8 Å². The van der Waals surface area contributed by atoms with Gasteiger partial charge in [0.25, 0.3) is 11.8 Å². The van der Waals surface area contributed by atoms with E-state index in [-0.39, 0.29) is 17.9 Å². The van der Waals surface area contributed by atoms with Gasteiger partial charge < -0.3 is 10.2 Å². The van der Waals surface area contributed by atoms with E-state index in [2.05, 4.69) is 24.1 Å². The first-order valence-electron chi connectivity index (χ1n) is 7.71. The smallest absolute Gasteiger partial charge is 0.270 e. The van der Waals surface area contributed by atoms with Gasteiger partial charge in [-0.1, -0.05) is 13.8 Å². The number of nitrogens with zero attached hydrogens (tertiary/aromatic N) is 2. The maximum atomic E-state index is 12.5. The zero-order chi connectivity index (χ0) is 15.2. The number of carbonyl (C=O) groups excluding carboxylic acids is 2. The van der Waals surface area contributed by atoms with Crippen LogP contribution in [0.15, 0.2) is 18.3 Å². The molecular formula is C16H23N3O2. The average molecular weight is 289 g/mol. The van der Waals surface area contributed by atoms with E-state index in [9.17, 15) is 9.59 Å². The van der Waals surface area contributed by atoms with E-state index < -0.39 is 0 Å². The third kappa shape index (κ3) is 4.28. The predicted molar refractivity (Wildman–Crippen MR) is 81.2 cm³/mol. The summed E-state index contributed by atoms with van der Waals surface area (Å²) in [5.74, 6) is -0.216. The summed E-state index contributed by atoms with van der Waals surface area (Å²) in [5, 5.41) is 2.89. The minimum Gasteiger partial charge on any atom is -0.348 e. The fourth-order valence-electron chi connectivity index (χ4n) is 2.21. The Bertz CT molecular complexity index is 506. The van der Waals surface area contributed by atoms with E-state index in [0.29, 0.717) is 11.3 Å². The first kappa shape index (κ1) is 15.5. The Morgan fingerprint density at radius 1 is 1.29 bits per heavy atom. The molecule has 1 aliphatic carbocycles. The second-order valence-corrected chi connectivity index (χ2v) is 5.47. The minimum absolute atomic E-state index is 0.0263. The van der Waals surface area contributed by atoms with Gasteiger partial charge in [0.05, 0.1) is 0 Å². The molecule has 0 aliphatic heterocycles. The SMILES string of the molecule is CCCN(CCC)C(=O)c1ccnc(C(=O)NC2CC2)c1. The van der Waals surface area contributed by atoms with E-state index >= 15 is 0 Å². The second-order valence-electron chi connectivity index (χ2n) is 5.47. The summed E-state index contributed by atoms with van der Waals surface area (Å²) in [7, 11) is 0. The minimum atomic E-state index is -0.190. The van der Waals surface area contributed by atoms with Gasteiger partial charge in [-0.05, 0) is 37.8 Å². The van der Waals surface area contributed by atoms with Gasteiger partial charge in [-0.3, -0.25) is 14.6 Å². The van der Waals surface area contributed by atoms with Crippen LogP contribution < -0.4 is 5.32 Å². The Hall–Kier alpha value is -1.91. The molecule has 2 rings (SSSR count). The summed E-state index contributed by atoms with van der Waals surface area (Å²) in [6.45, 7) is 5.57. The molecule has 1 aromatic heterocycles. The van der Waals surface area contributed by atoms with Crippen LogP contribution in [0.3, 0.4) is 0 Å². The first-order chi connectivity index (χ1) is 10.2. The number of nitrogens with one attached hydrogen (secondary N) is 1. The number of hydrogen-bond donors (Lipinski definition) is 1. The van der Waals surface area contributed by atoms with Gasteiger partial charge in [0.15, 0.2) is 0 Å². The molecule has 0 unspecified atom stereocenters. The molecule has 0 saturated heterocycles. The first-order valence-corrected chi connectivity index (χ1v) is 7.71. The summed E-state index contributed by atoms with van der Waals surface area (Å²) in [6, 6.07) is 3.56. The van der Waals surface area contributed by atoms with Crippen molar-refractivity contribution in [2.24, 2.45) is 0 Å². The van der Waals surface area contributed by atoms with Crippen molar-refractivity contribution in [1.29, 1.82) is 0 Å². The molecule has 0 radical (unpaired) electrons. The molecule has 0 atom stereocenters. The average Bonchev–Trinajstić information content (AvgIpc) is 3.30. The molecule has 0 bridgehead atoms. The second kappa shape index (κ2) is 7.20. The molecule has 5 nitrogen and oxygen atoms in total. The van der Waals surface area contributed by atoms with Crippen molar-refractivity contribution in [3.05, 3.63) is 29.6 Å². The van der Waals surface area contributed by atoms with E-state index in [1.54, 1.807) is 12.1 Å². The van der Waals surface area contributed by atoms with Crippen LogP contribution in [-0.4, -0.2) is 40.8 Å². The van der Waals surface area contributed by atoms with Crippen molar-refractivity contribution in [1.82, 2.24) is 15.2 Å². The molecule has 1 aromatic rings. The zero-order valence-corrected chi connectivity index (χ0v) is 12.8. The summed E-state index contributed by atoms with van der Waals surface area (Å²) >= 11 is 0. The van der Waals surface area contributed by atoms with Crippen LogP contribution in [0, 0.1) is 0 Å². The highest BCUT2D eigenvalue weighted by Crippen LogP contribution is 2.19. The van der Waals surface area contributed by atoms with Crippen molar-refractivity contribution in [3.63, 3.8) is 0 Å². The third-order valence-electron chi connectivity index (χ3n) is 3.43. The largest absolute Gasteiger partial charge is 0.348 e. The highest BCUT2D eigenvalue weighted by atomic mass is 16.2. The van der Waals surface area contributed by atoms with Crippen LogP contribution in [0.2, 0.25) is 0 Å². The standard InChI is InChI=1S/C16H23N3O2/c1-3-9-19(10-4-2)16(21)12-7-8-17-14(11-12)15(20)18-13-5-6-13/h7-8,11,13H,3-6,9-10H2,1-2H3,(H,18,20). The van der Waals surface area contributed by atoms with Crippen molar-refractivity contribution < 1.29 is 9.59 Å². The van der Waals surface area contributed by atoms with E-state index in [4.69, 9.17) is 0 Å². The van der Waals surface area contributed by atoms with E-state index in [0.717, 1.165) is 38.8 Å². The normalized spacial score (nSPS) is 13.8. The highest BCUT2D eigenvalue weighted by molar-refractivity contribution is 5.98. The summed E-state index contributed by atoms with van der Waals surface area (Å²) in [6.07, 6.45) is 5.44. The monoisotopic (exact) mass is 289 g/mol. The maximum Gasteiger partial charge on any atom is 0.270 e. The summed E-state index contributed by atoms with van der Waals surface area (Å²) < 4.78 is 0. The van der Waals surface area contributed by atoms with Gasteiger partial charge in [-0.15, -0.1) is 0 Å². The molecule has 1 fully saturated rings. The fraction of sp³-hybridized carbons (Fsp3) is 0.562. The van der Waals surface area contributed by atoms with Crippen LogP contribution >= 0.6 is 0 Å². The van der Waals surface area contributed by atoms with Crippen molar-refractivity contribution in [2.45, 2.75) is 45.6 Å². The van der Waals surface area contributed by atoms with Crippen LogP contribution in [0.1, 0.15) is 60.4 Å². The van der Waals surface area contributed by atoms with Crippen LogP contribution in [0.5, 0.6) is 0 Å². The van der Waals surface area contributed by atoms with Gasteiger partial charge in [0.1, 0.15) is 5.69 Å². The van der Waals surface area contributed by atoms with Gasteiger partial charge in [0, 0.05) is 30.9 Å². The Balaban J connectivity index is 2.10. The van der Waals surface area contributed by atoms with Gasteiger partial charge in [-0.25, -0.2) is 0 Å². The van der Waals surface area contributed by atoms with Crippen molar-refractivity contribution in [2.75, 3.05) is 13.1 Å². The maximum absolute atomic E-state index is 12.5. The topological polar surface area (TPSA) is 62.3 Å². The van der Waals surface area contributed by atoms with Crippen LogP contribution in [0.4, 0.5) is 0 Å². The fourth-order valence-corrected chi connectivity index (χ4v) is 2.21. The lowest BCUT2D eigenvalue weighted by Crippen LogP contribution is -2.33. The summed E-state index contributed by atoms with van der Waals surface area (Å²) in [4.78, 5) is 30.4. The lowest BCUT2D eigenvalue weighted by Gasteiger charge is -2.21. The molecule has 5 heteroatoms. The Kier molecular flexibility index (Phi) is 5.31. The van der Waals surface area contributed by atoms with Crippen LogP contribution in [-0.2, 0) is 0 Å². The number of amides is 2. The Labute approximate surface area is 125 Å². The molecule has 1 N–H and O–H groups in total. The zero-order valence-electron chi connectivity index (χ0n) is 12.8. The number of carbonyl (C=O) groups is 2. The molecule has 114 valence electrons. The molecule has 2 amide bonds. The summed E-state index contributed by atoms with van der Waals surface area (Å²) in [5.41, 5.74) is 0.855. The highest BCUT2D eigenvalue weighted by Gasteiger charge is 2.25. The molecule has 1 heterocycles. The number of aromatic nitrogens is 1. The lowest BCUT2D eigenvalue weighted by atomic mass is 10.2. The number of rotatable bonds is 7.